The predicted octanol–water partition coefficient (Wildman–Crippen LogP) is 3.99. The highest BCUT2D eigenvalue weighted by Crippen LogP contribution is 2.25. The third-order valence-corrected chi connectivity index (χ3v) is 3.16. The lowest BCUT2D eigenvalue weighted by molar-refractivity contribution is 0.102. The Morgan fingerprint density at radius 3 is 2.35 bits per heavy atom. The van der Waals surface area contributed by atoms with Gasteiger partial charge in [0.1, 0.15) is 11.4 Å². The normalized spacial score (nSPS) is 10.4. The summed E-state index contributed by atoms with van der Waals surface area (Å²) in [5, 5.41) is 11.5. The molecule has 0 aromatic heterocycles. The van der Waals surface area contributed by atoms with Crippen LogP contribution < -0.4 is 5.32 Å². The topological polar surface area (TPSA) is 49.3 Å². The highest BCUT2D eigenvalue weighted by Gasteiger charge is 2.16. The van der Waals surface area contributed by atoms with Gasteiger partial charge in [-0.2, -0.15) is 0 Å². The van der Waals surface area contributed by atoms with E-state index in [1.165, 1.54) is 18.2 Å². The number of carbonyl (C=O) groups is 1. The molecule has 0 bridgehead atoms. The molecule has 2 aromatic rings. The molecule has 0 aliphatic rings. The van der Waals surface area contributed by atoms with Crippen LogP contribution in [0.1, 0.15) is 15.9 Å². The van der Waals surface area contributed by atoms with Gasteiger partial charge in [-0.15, -0.1) is 0 Å². The lowest BCUT2D eigenvalue weighted by Crippen LogP contribution is -2.15. The number of aryl methyl sites for hydroxylation is 1. The Kier molecular flexibility index (Phi) is 4.04. The summed E-state index contributed by atoms with van der Waals surface area (Å²) in [7, 11) is 0. The summed E-state index contributed by atoms with van der Waals surface area (Å²) in [6, 6.07) is 6.22. The number of carbonyl (C=O) groups excluding carboxylic acids is 1. The molecular weight excluding hydrogens is 332 g/mol. The molecule has 0 saturated heterocycles. The number of rotatable bonds is 2. The molecule has 0 atom stereocenters. The van der Waals surface area contributed by atoms with Gasteiger partial charge in [0.25, 0.3) is 5.91 Å². The molecule has 6 heteroatoms. The van der Waals surface area contributed by atoms with Gasteiger partial charge in [0.05, 0.1) is 0 Å². The molecule has 1 amide bonds. The van der Waals surface area contributed by atoms with Crippen molar-refractivity contribution in [1.82, 2.24) is 0 Å². The maximum Gasteiger partial charge on any atom is 0.256 e. The zero-order valence-electron chi connectivity index (χ0n) is 10.4. The number of phenols is 1. The average Bonchev–Trinajstić information content (AvgIpc) is 2.33. The van der Waals surface area contributed by atoms with Crippen LogP contribution in [0.2, 0.25) is 0 Å². The van der Waals surface area contributed by atoms with Crippen molar-refractivity contribution >= 4 is 27.5 Å². The summed E-state index contributed by atoms with van der Waals surface area (Å²) in [6.45, 7) is 1.61. The summed E-state index contributed by atoms with van der Waals surface area (Å²) in [6.07, 6.45) is 0. The van der Waals surface area contributed by atoms with Gasteiger partial charge < -0.3 is 10.4 Å². The third kappa shape index (κ3) is 2.96. The van der Waals surface area contributed by atoms with E-state index in [1.807, 2.05) is 0 Å². The van der Waals surface area contributed by atoms with E-state index in [2.05, 4.69) is 21.2 Å². The number of hydrogen-bond donors (Lipinski definition) is 2. The molecule has 2 rings (SSSR count). The van der Waals surface area contributed by atoms with Crippen LogP contribution in [0.5, 0.6) is 5.75 Å². The summed E-state index contributed by atoms with van der Waals surface area (Å²) in [5.41, 5.74) is 0.218. The molecule has 0 fully saturated rings. The third-order valence-electron chi connectivity index (χ3n) is 2.70. The van der Waals surface area contributed by atoms with E-state index in [4.69, 9.17) is 0 Å². The zero-order chi connectivity index (χ0) is 14.9. The second-order valence-corrected chi connectivity index (χ2v) is 5.11. The summed E-state index contributed by atoms with van der Waals surface area (Å²) < 4.78 is 27.5. The number of aromatic hydroxyl groups is 1. The first kappa shape index (κ1) is 14.5. The molecule has 0 heterocycles. The highest BCUT2D eigenvalue weighted by atomic mass is 79.9. The molecule has 20 heavy (non-hydrogen) atoms. The van der Waals surface area contributed by atoms with E-state index in [-0.39, 0.29) is 15.8 Å². The Balaban J connectivity index is 2.33. The fourth-order valence-electron chi connectivity index (χ4n) is 1.75. The van der Waals surface area contributed by atoms with Gasteiger partial charge in [0.15, 0.2) is 11.6 Å². The Bertz CT molecular complexity index is 666. The molecular formula is C14H10BrF2NO2. The van der Waals surface area contributed by atoms with Gasteiger partial charge in [0, 0.05) is 10.0 Å². The number of anilines is 1. The van der Waals surface area contributed by atoms with Crippen LogP contribution in [0.15, 0.2) is 34.8 Å². The minimum Gasteiger partial charge on any atom is -0.508 e. The molecule has 0 saturated carbocycles. The molecule has 0 aliphatic carbocycles. The van der Waals surface area contributed by atoms with Crippen LogP contribution in [0.25, 0.3) is 0 Å². The van der Waals surface area contributed by atoms with Crippen molar-refractivity contribution < 1.29 is 18.7 Å². The summed E-state index contributed by atoms with van der Waals surface area (Å²) >= 11 is 2.96. The van der Waals surface area contributed by atoms with Crippen LogP contribution >= 0.6 is 15.9 Å². The highest BCUT2D eigenvalue weighted by molar-refractivity contribution is 9.10. The Morgan fingerprint density at radius 2 is 1.80 bits per heavy atom. The van der Waals surface area contributed by atoms with E-state index in [0.717, 1.165) is 12.1 Å². The van der Waals surface area contributed by atoms with Gasteiger partial charge in [-0.3, -0.25) is 4.79 Å². The SMILES string of the molecule is Cc1cc(O)ccc1C(=O)Nc1c(F)cc(Br)cc1F. The number of amides is 1. The van der Waals surface area contributed by atoms with E-state index in [0.29, 0.717) is 5.56 Å². The fraction of sp³-hybridized carbons (Fsp3) is 0.0714. The van der Waals surface area contributed by atoms with E-state index < -0.39 is 23.2 Å². The van der Waals surface area contributed by atoms with Crippen molar-refractivity contribution in [1.29, 1.82) is 0 Å². The number of benzene rings is 2. The molecule has 0 spiro atoms. The van der Waals surface area contributed by atoms with Crippen molar-refractivity contribution in [2.75, 3.05) is 5.32 Å². The van der Waals surface area contributed by atoms with Crippen LogP contribution in [-0.4, -0.2) is 11.0 Å². The predicted molar refractivity (Wildman–Crippen MR) is 74.9 cm³/mol. The number of halogens is 3. The smallest absolute Gasteiger partial charge is 0.256 e. The van der Waals surface area contributed by atoms with Crippen molar-refractivity contribution in [3.8, 4) is 5.75 Å². The maximum absolute atomic E-state index is 13.6. The molecule has 2 N–H and O–H groups in total. The van der Waals surface area contributed by atoms with Gasteiger partial charge in [-0.05, 0) is 42.8 Å². The second-order valence-electron chi connectivity index (χ2n) is 4.20. The summed E-state index contributed by atoms with van der Waals surface area (Å²) in [5.74, 6) is -2.38. The monoisotopic (exact) mass is 341 g/mol. The van der Waals surface area contributed by atoms with Crippen LogP contribution in [0, 0.1) is 18.6 Å². The van der Waals surface area contributed by atoms with Crippen LogP contribution in [0.3, 0.4) is 0 Å². The number of phenolic OH excluding ortho intramolecular Hbond substituents is 1. The van der Waals surface area contributed by atoms with Crippen molar-refractivity contribution in [3.63, 3.8) is 0 Å². The van der Waals surface area contributed by atoms with Crippen molar-refractivity contribution in [2.24, 2.45) is 0 Å². The standard InChI is InChI=1S/C14H10BrF2NO2/c1-7-4-9(19)2-3-10(7)14(20)18-13-11(16)5-8(15)6-12(13)17/h2-6,19H,1H3,(H,18,20). The zero-order valence-corrected chi connectivity index (χ0v) is 12.0. The Morgan fingerprint density at radius 1 is 1.20 bits per heavy atom. The average molecular weight is 342 g/mol. The van der Waals surface area contributed by atoms with Crippen molar-refractivity contribution in [2.45, 2.75) is 6.92 Å². The van der Waals surface area contributed by atoms with Crippen LogP contribution in [0.4, 0.5) is 14.5 Å². The second kappa shape index (κ2) is 5.58. The maximum atomic E-state index is 13.6. The summed E-state index contributed by atoms with van der Waals surface area (Å²) in [4.78, 5) is 12.0. The van der Waals surface area contributed by atoms with E-state index in [1.54, 1.807) is 6.92 Å². The van der Waals surface area contributed by atoms with Crippen molar-refractivity contribution in [3.05, 3.63) is 57.6 Å². The van der Waals surface area contributed by atoms with Gasteiger partial charge >= 0.3 is 0 Å². The van der Waals surface area contributed by atoms with Crippen LogP contribution in [-0.2, 0) is 0 Å². The molecule has 0 unspecified atom stereocenters. The van der Waals surface area contributed by atoms with Gasteiger partial charge in [0.2, 0.25) is 0 Å². The number of hydrogen-bond acceptors (Lipinski definition) is 2. The molecule has 0 aliphatic heterocycles. The first-order valence-electron chi connectivity index (χ1n) is 5.64. The minimum atomic E-state index is -0.873. The Hall–Kier alpha value is -1.95. The largest absolute Gasteiger partial charge is 0.508 e. The molecule has 2 aromatic carbocycles. The van der Waals surface area contributed by atoms with E-state index in [9.17, 15) is 18.7 Å². The lowest BCUT2D eigenvalue weighted by atomic mass is 10.1. The first-order valence-corrected chi connectivity index (χ1v) is 6.43. The molecule has 3 nitrogen and oxygen atoms in total. The molecule has 0 radical (unpaired) electrons. The Labute approximate surface area is 122 Å². The first-order chi connectivity index (χ1) is 9.38. The fourth-order valence-corrected chi connectivity index (χ4v) is 2.15. The van der Waals surface area contributed by atoms with Gasteiger partial charge in [-0.25, -0.2) is 8.78 Å². The molecule has 104 valence electrons. The minimum absolute atomic E-state index is 0.0139. The number of nitrogens with one attached hydrogen (secondary N) is 1. The van der Waals surface area contributed by atoms with E-state index >= 15 is 0 Å². The lowest BCUT2D eigenvalue weighted by Gasteiger charge is -2.10. The quantitative estimate of drug-likeness (QED) is 0.867. The van der Waals surface area contributed by atoms with Gasteiger partial charge in [-0.1, -0.05) is 15.9 Å².